The van der Waals surface area contributed by atoms with Crippen LogP contribution in [0.15, 0.2) is 42.5 Å². The Labute approximate surface area is 72.0 Å². The maximum absolute atomic E-state index is 8.59. The summed E-state index contributed by atoms with van der Waals surface area (Å²) in [5.74, 6) is 0. The lowest BCUT2D eigenvalue weighted by Gasteiger charge is -2.12. The third-order valence-corrected chi connectivity index (χ3v) is 1.66. The van der Waals surface area contributed by atoms with Gasteiger partial charge in [-0.05, 0) is 18.1 Å². The van der Waals surface area contributed by atoms with Crippen LogP contribution in [0.5, 0.6) is 0 Å². The van der Waals surface area contributed by atoms with Crippen LogP contribution in [0, 0.1) is 0 Å². The summed E-state index contributed by atoms with van der Waals surface area (Å²) >= 11 is 0. The number of benzene rings is 1. The Bertz CT molecular complexity index is 254. The Balaban J connectivity index is 2.88. The highest BCUT2D eigenvalue weighted by atomic mass is 17.1. The van der Waals surface area contributed by atoms with Gasteiger partial charge in [-0.1, -0.05) is 36.9 Å². The summed E-state index contributed by atoms with van der Waals surface area (Å²) in [7, 11) is 0. The van der Waals surface area contributed by atoms with E-state index in [0.717, 1.165) is 11.1 Å². The summed E-state index contributed by atoms with van der Waals surface area (Å²) in [4.78, 5) is 4.30. The molecule has 64 valence electrons. The van der Waals surface area contributed by atoms with E-state index in [1.807, 2.05) is 37.3 Å². The minimum atomic E-state index is -0.411. The van der Waals surface area contributed by atoms with Gasteiger partial charge in [0.1, 0.15) is 6.10 Å². The Morgan fingerprint density at radius 1 is 1.42 bits per heavy atom. The molecule has 1 atom stereocenters. The topological polar surface area (TPSA) is 29.5 Å². The second-order valence-corrected chi connectivity index (χ2v) is 2.74. The van der Waals surface area contributed by atoms with Gasteiger partial charge in [-0.2, -0.15) is 0 Å². The van der Waals surface area contributed by atoms with Crippen molar-refractivity contribution >= 4 is 0 Å². The van der Waals surface area contributed by atoms with Crippen LogP contribution in [0.3, 0.4) is 0 Å². The molecule has 1 unspecified atom stereocenters. The quantitative estimate of drug-likeness (QED) is 0.423. The van der Waals surface area contributed by atoms with Gasteiger partial charge in [-0.15, -0.1) is 0 Å². The first-order valence-electron chi connectivity index (χ1n) is 3.76. The minimum Gasteiger partial charge on any atom is -0.251 e. The fraction of sp³-hybridized carbons (Fsp3) is 0.200. The van der Waals surface area contributed by atoms with Crippen molar-refractivity contribution < 1.29 is 10.1 Å². The van der Waals surface area contributed by atoms with E-state index in [4.69, 9.17) is 5.26 Å². The maximum Gasteiger partial charge on any atom is 0.138 e. The van der Waals surface area contributed by atoms with Gasteiger partial charge in [0.05, 0.1) is 0 Å². The van der Waals surface area contributed by atoms with Gasteiger partial charge in [0.25, 0.3) is 0 Å². The predicted molar refractivity (Wildman–Crippen MR) is 47.7 cm³/mol. The largest absolute Gasteiger partial charge is 0.251 e. The van der Waals surface area contributed by atoms with Crippen LogP contribution in [0.25, 0.3) is 0 Å². The van der Waals surface area contributed by atoms with E-state index < -0.39 is 6.10 Å². The van der Waals surface area contributed by atoms with E-state index >= 15 is 0 Å². The lowest BCUT2D eigenvalue weighted by Crippen LogP contribution is -2.01. The summed E-state index contributed by atoms with van der Waals surface area (Å²) in [6.07, 6.45) is -0.411. The maximum atomic E-state index is 8.59. The zero-order valence-electron chi connectivity index (χ0n) is 7.03. The second-order valence-electron chi connectivity index (χ2n) is 2.74. The Hall–Kier alpha value is -1.12. The van der Waals surface area contributed by atoms with Crippen LogP contribution in [0.4, 0.5) is 0 Å². The summed E-state index contributed by atoms with van der Waals surface area (Å²) in [5.41, 5.74) is 1.69. The average molecular weight is 164 g/mol. The fourth-order valence-corrected chi connectivity index (χ4v) is 1.06. The molecule has 0 radical (unpaired) electrons. The van der Waals surface area contributed by atoms with Gasteiger partial charge in [0, 0.05) is 0 Å². The van der Waals surface area contributed by atoms with Crippen molar-refractivity contribution in [1.82, 2.24) is 0 Å². The van der Waals surface area contributed by atoms with E-state index in [1.54, 1.807) is 0 Å². The molecule has 0 aliphatic rings. The number of hydrogen-bond acceptors (Lipinski definition) is 2. The monoisotopic (exact) mass is 164 g/mol. The van der Waals surface area contributed by atoms with Crippen molar-refractivity contribution in [3.63, 3.8) is 0 Å². The molecule has 0 bridgehead atoms. The standard InChI is InChI=1S/C10H12O2/c1-8(2)10(12-11)9-6-4-3-5-7-9/h3-7,10-11H,1H2,2H3. The summed E-state index contributed by atoms with van der Waals surface area (Å²) in [6, 6.07) is 9.47. The third-order valence-electron chi connectivity index (χ3n) is 1.66. The average Bonchev–Trinajstić information content (AvgIpc) is 2.07. The van der Waals surface area contributed by atoms with Crippen molar-refractivity contribution in [3.8, 4) is 0 Å². The molecule has 1 aromatic rings. The molecular weight excluding hydrogens is 152 g/mol. The Kier molecular flexibility index (Phi) is 3.02. The first-order chi connectivity index (χ1) is 5.75. The molecule has 1 N–H and O–H groups in total. The highest BCUT2D eigenvalue weighted by molar-refractivity contribution is 5.23. The SMILES string of the molecule is C=C(C)C(OO)c1ccccc1. The molecule has 2 heteroatoms. The third kappa shape index (κ3) is 1.94. The smallest absolute Gasteiger partial charge is 0.138 e. The second kappa shape index (κ2) is 4.04. The molecule has 0 heterocycles. The first-order valence-corrected chi connectivity index (χ1v) is 3.76. The van der Waals surface area contributed by atoms with Crippen LogP contribution in [0.2, 0.25) is 0 Å². The normalized spacial score (nSPS) is 12.5. The van der Waals surface area contributed by atoms with Crippen LogP contribution in [-0.4, -0.2) is 5.26 Å². The number of rotatable bonds is 3. The number of hydrogen-bond donors (Lipinski definition) is 1. The zero-order valence-corrected chi connectivity index (χ0v) is 7.03. The van der Waals surface area contributed by atoms with E-state index in [0.29, 0.717) is 0 Å². The zero-order chi connectivity index (χ0) is 8.97. The van der Waals surface area contributed by atoms with E-state index in [9.17, 15) is 0 Å². The molecule has 2 nitrogen and oxygen atoms in total. The van der Waals surface area contributed by atoms with Crippen molar-refractivity contribution in [1.29, 1.82) is 0 Å². The van der Waals surface area contributed by atoms with Crippen molar-refractivity contribution in [2.24, 2.45) is 0 Å². The molecule has 0 aliphatic carbocycles. The van der Waals surface area contributed by atoms with Gasteiger partial charge in [-0.3, -0.25) is 5.26 Å². The molecule has 0 saturated carbocycles. The van der Waals surface area contributed by atoms with Gasteiger partial charge in [0.15, 0.2) is 0 Å². The van der Waals surface area contributed by atoms with Crippen LogP contribution < -0.4 is 0 Å². The molecule has 12 heavy (non-hydrogen) atoms. The van der Waals surface area contributed by atoms with Crippen LogP contribution >= 0.6 is 0 Å². The van der Waals surface area contributed by atoms with E-state index in [2.05, 4.69) is 11.5 Å². The summed E-state index contributed by atoms with van der Waals surface area (Å²) in [5, 5.41) is 8.59. The molecule has 0 amide bonds. The van der Waals surface area contributed by atoms with Crippen LogP contribution in [0.1, 0.15) is 18.6 Å². The molecule has 0 fully saturated rings. The van der Waals surface area contributed by atoms with Crippen LogP contribution in [-0.2, 0) is 4.89 Å². The molecule has 0 aromatic heterocycles. The van der Waals surface area contributed by atoms with Crippen molar-refractivity contribution in [2.45, 2.75) is 13.0 Å². The summed E-state index contributed by atoms with van der Waals surface area (Å²) < 4.78 is 0. The lowest BCUT2D eigenvalue weighted by molar-refractivity contribution is -0.271. The van der Waals surface area contributed by atoms with Gasteiger partial charge in [0.2, 0.25) is 0 Å². The molecular formula is C10H12O2. The highest BCUT2D eigenvalue weighted by Crippen LogP contribution is 2.22. The molecule has 1 rings (SSSR count). The Morgan fingerprint density at radius 2 is 2.00 bits per heavy atom. The van der Waals surface area contributed by atoms with Gasteiger partial charge >= 0.3 is 0 Å². The van der Waals surface area contributed by atoms with E-state index in [1.165, 1.54) is 0 Å². The van der Waals surface area contributed by atoms with Gasteiger partial charge < -0.3 is 0 Å². The highest BCUT2D eigenvalue weighted by Gasteiger charge is 2.11. The first kappa shape index (κ1) is 8.97. The van der Waals surface area contributed by atoms with Crippen molar-refractivity contribution in [3.05, 3.63) is 48.0 Å². The fourth-order valence-electron chi connectivity index (χ4n) is 1.06. The minimum absolute atomic E-state index is 0.411. The molecule has 0 aliphatic heterocycles. The molecule has 0 spiro atoms. The Morgan fingerprint density at radius 3 is 2.42 bits per heavy atom. The lowest BCUT2D eigenvalue weighted by atomic mass is 10.0. The van der Waals surface area contributed by atoms with E-state index in [-0.39, 0.29) is 0 Å². The van der Waals surface area contributed by atoms with Gasteiger partial charge in [-0.25, -0.2) is 4.89 Å². The molecule has 1 aromatic carbocycles. The predicted octanol–water partition coefficient (Wildman–Crippen LogP) is 2.79. The molecule has 0 saturated heterocycles. The summed E-state index contributed by atoms with van der Waals surface area (Å²) in [6.45, 7) is 5.53. The van der Waals surface area contributed by atoms with Crippen molar-refractivity contribution in [2.75, 3.05) is 0 Å².